The van der Waals surface area contributed by atoms with Crippen molar-refractivity contribution in [3.05, 3.63) is 11.7 Å². The highest BCUT2D eigenvalue weighted by Gasteiger charge is 2.35. The number of carbonyl (C=O) groups is 1. The first-order chi connectivity index (χ1) is 11.6. The molecule has 134 valence electrons. The molecule has 0 radical (unpaired) electrons. The molecule has 2 aliphatic carbocycles. The number of thioether (sulfide) groups is 1. The summed E-state index contributed by atoms with van der Waals surface area (Å²) in [6.45, 7) is 0. The largest absolute Gasteiger partial charge is 0.342 e. The van der Waals surface area contributed by atoms with Gasteiger partial charge in [0.1, 0.15) is 0 Å². The molecule has 2 N–H and O–H groups in total. The van der Waals surface area contributed by atoms with E-state index in [-0.39, 0.29) is 5.91 Å². The predicted molar refractivity (Wildman–Crippen MR) is 94.4 cm³/mol. The van der Waals surface area contributed by atoms with E-state index in [1.807, 2.05) is 11.9 Å². The summed E-state index contributed by atoms with van der Waals surface area (Å²) in [4.78, 5) is 18.7. The Labute approximate surface area is 147 Å². The molecule has 7 heteroatoms. The third-order valence-electron chi connectivity index (χ3n) is 5.38. The smallest absolute Gasteiger partial charge is 0.236 e. The van der Waals surface area contributed by atoms with Gasteiger partial charge in [-0.1, -0.05) is 37.3 Å². The highest BCUT2D eigenvalue weighted by molar-refractivity contribution is 7.99. The first kappa shape index (κ1) is 17.7. The summed E-state index contributed by atoms with van der Waals surface area (Å²) < 4.78 is 5.31. The molecule has 0 unspecified atom stereocenters. The molecule has 0 bridgehead atoms. The molecule has 1 aromatic rings. The van der Waals surface area contributed by atoms with Gasteiger partial charge in [0.25, 0.3) is 0 Å². The topological polar surface area (TPSA) is 85.2 Å². The molecule has 6 nitrogen and oxygen atoms in total. The zero-order valence-electron chi connectivity index (χ0n) is 14.5. The van der Waals surface area contributed by atoms with Crippen LogP contribution in [0.2, 0.25) is 0 Å². The first-order valence-electron chi connectivity index (χ1n) is 9.04. The average Bonchev–Trinajstić information content (AvgIpc) is 3.25. The van der Waals surface area contributed by atoms with Gasteiger partial charge in [-0.15, -0.1) is 11.8 Å². The van der Waals surface area contributed by atoms with Crippen molar-refractivity contribution in [2.75, 3.05) is 12.8 Å². The summed E-state index contributed by atoms with van der Waals surface area (Å²) in [5.74, 6) is 2.41. The van der Waals surface area contributed by atoms with Gasteiger partial charge < -0.3 is 15.2 Å². The summed E-state index contributed by atoms with van der Waals surface area (Å²) >= 11 is 1.53. The lowest BCUT2D eigenvalue weighted by Gasteiger charge is -2.31. The Morgan fingerprint density at radius 1 is 1.29 bits per heavy atom. The Bertz CT molecular complexity index is 551. The van der Waals surface area contributed by atoms with Crippen molar-refractivity contribution in [3.8, 4) is 0 Å². The number of nitrogens with two attached hydrogens (primary N) is 1. The molecule has 1 heterocycles. The third-order valence-corrected chi connectivity index (χ3v) is 6.28. The van der Waals surface area contributed by atoms with Gasteiger partial charge >= 0.3 is 0 Å². The fourth-order valence-corrected chi connectivity index (χ4v) is 4.52. The Kier molecular flexibility index (Phi) is 5.81. The van der Waals surface area contributed by atoms with Gasteiger partial charge in [-0.25, -0.2) is 0 Å². The van der Waals surface area contributed by atoms with Crippen LogP contribution in [0.5, 0.6) is 0 Å². The van der Waals surface area contributed by atoms with Gasteiger partial charge in [0.05, 0.1) is 17.0 Å². The molecule has 0 spiro atoms. The number of rotatable bonds is 6. The number of aromatic nitrogens is 2. The fourth-order valence-electron chi connectivity index (χ4n) is 3.74. The second kappa shape index (κ2) is 7.87. The zero-order chi connectivity index (χ0) is 17.0. The maximum Gasteiger partial charge on any atom is 0.236 e. The standard InChI is InChI=1S/C17H28N4O2S/c1-21(13-7-3-2-4-8-13)15(22)12-24-11-14-19-16(20-23-14)17(18)9-5-6-10-17/h13H,2-12,18H2,1H3. The van der Waals surface area contributed by atoms with E-state index in [1.54, 1.807) is 0 Å². The molecule has 2 fully saturated rings. The minimum Gasteiger partial charge on any atom is -0.342 e. The number of carbonyl (C=O) groups excluding carboxylic acids is 1. The maximum atomic E-state index is 12.3. The van der Waals surface area contributed by atoms with Crippen LogP contribution in [0.4, 0.5) is 0 Å². The Hall–Kier alpha value is -1.08. The predicted octanol–water partition coefficient (Wildman–Crippen LogP) is 2.82. The Morgan fingerprint density at radius 3 is 2.71 bits per heavy atom. The summed E-state index contributed by atoms with van der Waals surface area (Å²) in [6.07, 6.45) is 10.1. The van der Waals surface area contributed by atoms with E-state index < -0.39 is 5.54 Å². The minimum atomic E-state index is -0.413. The second-order valence-electron chi connectivity index (χ2n) is 7.16. The van der Waals surface area contributed by atoms with E-state index >= 15 is 0 Å². The summed E-state index contributed by atoms with van der Waals surface area (Å²) in [5.41, 5.74) is 5.93. The van der Waals surface area contributed by atoms with Gasteiger partial charge in [-0.05, 0) is 25.7 Å². The van der Waals surface area contributed by atoms with Gasteiger partial charge in [0.2, 0.25) is 11.8 Å². The lowest BCUT2D eigenvalue weighted by Crippen LogP contribution is -2.39. The Balaban J connectivity index is 1.44. The van der Waals surface area contributed by atoms with Crippen LogP contribution in [-0.2, 0) is 16.1 Å². The molecule has 1 aromatic heterocycles. The molecule has 0 aliphatic heterocycles. The summed E-state index contributed by atoms with van der Waals surface area (Å²) in [7, 11) is 1.93. The van der Waals surface area contributed by atoms with Gasteiger partial charge in [-0.2, -0.15) is 4.98 Å². The molecule has 0 atom stereocenters. The van der Waals surface area contributed by atoms with Crippen LogP contribution in [0, 0.1) is 0 Å². The lowest BCUT2D eigenvalue weighted by molar-refractivity contribution is -0.129. The molecule has 0 aromatic carbocycles. The van der Waals surface area contributed by atoms with Crippen molar-refractivity contribution < 1.29 is 9.32 Å². The quantitative estimate of drug-likeness (QED) is 0.847. The van der Waals surface area contributed by atoms with E-state index in [0.717, 1.165) is 38.5 Å². The van der Waals surface area contributed by atoms with Crippen molar-refractivity contribution in [1.29, 1.82) is 0 Å². The van der Waals surface area contributed by atoms with Crippen molar-refractivity contribution in [2.24, 2.45) is 5.73 Å². The number of nitrogens with zero attached hydrogens (tertiary/aromatic N) is 3. The van der Waals surface area contributed by atoms with E-state index in [0.29, 0.717) is 29.3 Å². The molecule has 24 heavy (non-hydrogen) atoms. The Morgan fingerprint density at radius 2 is 2.00 bits per heavy atom. The van der Waals surface area contributed by atoms with Crippen LogP contribution in [0.15, 0.2) is 4.52 Å². The third kappa shape index (κ3) is 4.11. The molecule has 3 rings (SSSR count). The zero-order valence-corrected chi connectivity index (χ0v) is 15.3. The molecular weight excluding hydrogens is 324 g/mol. The normalized spacial score (nSPS) is 21.1. The van der Waals surface area contributed by atoms with Crippen LogP contribution in [0.1, 0.15) is 69.5 Å². The van der Waals surface area contributed by atoms with E-state index in [4.69, 9.17) is 10.3 Å². The van der Waals surface area contributed by atoms with Crippen molar-refractivity contribution >= 4 is 17.7 Å². The van der Waals surface area contributed by atoms with Crippen LogP contribution >= 0.6 is 11.8 Å². The molecular formula is C17H28N4O2S. The molecule has 2 saturated carbocycles. The van der Waals surface area contributed by atoms with Crippen LogP contribution in [0.25, 0.3) is 0 Å². The maximum absolute atomic E-state index is 12.3. The van der Waals surface area contributed by atoms with Gasteiger partial charge in [-0.3, -0.25) is 4.79 Å². The number of hydrogen-bond acceptors (Lipinski definition) is 6. The number of hydrogen-bond donors (Lipinski definition) is 1. The van der Waals surface area contributed by atoms with Crippen molar-refractivity contribution in [1.82, 2.24) is 15.0 Å². The highest BCUT2D eigenvalue weighted by atomic mass is 32.2. The van der Waals surface area contributed by atoms with Crippen LogP contribution < -0.4 is 5.73 Å². The minimum absolute atomic E-state index is 0.192. The molecule has 2 aliphatic rings. The van der Waals surface area contributed by atoms with Crippen molar-refractivity contribution in [2.45, 2.75) is 75.1 Å². The van der Waals surface area contributed by atoms with Crippen LogP contribution in [-0.4, -0.2) is 39.8 Å². The summed E-state index contributed by atoms with van der Waals surface area (Å²) in [5, 5.41) is 4.06. The second-order valence-corrected chi connectivity index (χ2v) is 8.15. The van der Waals surface area contributed by atoms with Gasteiger partial charge in [0, 0.05) is 13.1 Å². The summed E-state index contributed by atoms with van der Waals surface area (Å²) in [6, 6.07) is 0.418. The van der Waals surface area contributed by atoms with E-state index in [9.17, 15) is 4.79 Å². The lowest BCUT2D eigenvalue weighted by atomic mass is 9.94. The first-order valence-corrected chi connectivity index (χ1v) is 10.2. The molecule has 0 saturated heterocycles. The van der Waals surface area contributed by atoms with E-state index in [1.165, 1.54) is 31.0 Å². The van der Waals surface area contributed by atoms with Gasteiger partial charge in [0.15, 0.2) is 5.82 Å². The van der Waals surface area contributed by atoms with E-state index in [2.05, 4.69) is 10.1 Å². The van der Waals surface area contributed by atoms with Crippen LogP contribution in [0.3, 0.4) is 0 Å². The monoisotopic (exact) mass is 352 g/mol. The SMILES string of the molecule is CN(C(=O)CSCc1nc(C2(N)CCCC2)no1)C1CCCCC1. The molecule has 1 amide bonds. The highest BCUT2D eigenvalue weighted by Crippen LogP contribution is 2.34. The number of amides is 1. The van der Waals surface area contributed by atoms with Crippen molar-refractivity contribution in [3.63, 3.8) is 0 Å². The average molecular weight is 353 g/mol. The fraction of sp³-hybridized carbons (Fsp3) is 0.824.